The first-order valence-electron chi connectivity index (χ1n) is 15.3. The SMILES string of the molecule is COc1ccc(Nc2cc(C(=O)NC3CC4CCCN(c5ccc(C(C)=O)cn5)C4C3)ccc2C(N)=O)cc1OCCN(C)C. The number of nitrogens with one attached hydrogen (secondary N) is 2. The molecule has 1 aliphatic heterocycles. The number of nitrogens with zero attached hydrogens (tertiary/aromatic N) is 3. The molecule has 2 aromatic carbocycles. The van der Waals surface area contributed by atoms with E-state index < -0.39 is 5.91 Å². The van der Waals surface area contributed by atoms with Crippen molar-refractivity contribution < 1.29 is 23.9 Å². The van der Waals surface area contributed by atoms with Gasteiger partial charge < -0.3 is 35.6 Å². The minimum atomic E-state index is -0.606. The van der Waals surface area contributed by atoms with E-state index in [9.17, 15) is 14.4 Å². The van der Waals surface area contributed by atoms with Gasteiger partial charge in [0, 0.05) is 54.3 Å². The van der Waals surface area contributed by atoms with Crippen molar-refractivity contribution in [1.29, 1.82) is 0 Å². The van der Waals surface area contributed by atoms with Crippen LogP contribution in [0.3, 0.4) is 0 Å². The van der Waals surface area contributed by atoms with Gasteiger partial charge in [-0.15, -0.1) is 0 Å². The van der Waals surface area contributed by atoms with Crippen molar-refractivity contribution in [2.75, 3.05) is 51.1 Å². The van der Waals surface area contributed by atoms with Crippen LogP contribution in [0.1, 0.15) is 63.7 Å². The largest absolute Gasteiger partial charge is 0.493 e. The highest BCUT2D eigenvalue weighted by molar-refractivity contribution is 6.02. The summed E-state index contributed by atoms with van der Waals surface area (Å²) in [5.74, 6) is 1.62. The van der Waals surface area contributed by atoms with Crippen molar-refractivity contribution in [2.45, 2.75) is 44.7 Å². The van der Waals surface area contributed by atoms with E-state index in [0.29, 0.717) is 46.5 Å². The molecule has 11 heteroatoms. The smallest absolute Gasteiger partial charge is 0.251 e. The van der Waals surface area contributed by atoms with Crippen molar-refractivity contribution in [3.05, 3.63) is 71.4 Å². The number of rotatable bonds is 12. The van der Waals surface area contributed by atoms with Gasteiger partial charge in [0.15, 0.2) is 17.3 Å². The molecule has 1 saturated carbocycles. The number of benzene rings is 2. The van der Waals surface area contributed by atoms with Crippen LogP contribution >= 0.6 is 0 Å². The molecular formula is C34H42N6O5. The molecular weight excluding hydrogens is 572 g/mol. The van der Waals surface area contributed by atoms with Crippen LogP contribution < -0.4 is 30.7 Å². The van der Waals surface area contributed by atoms with Crippen LogP contribution in [0.2, 0.25) is 0 Å². The maximum atomic E-state index is 13.5. The first kappa shape index (κ1) is 31.8. The second-order valence-electron chi connectivity index (χ2n) is 12.0. The lowest BCUT2D eigenvalue weighted by atomic mass is 9.92. The number of nitrogens with two attached hydrogens (primary N) is 1. The van der Waals surface area contributed by atoms with Gasteiger partial charge >= 0.3 is 0 Å². The normalized spacial score (nSPS) is 19.1. The number of methoxy groups -OCH3 is 1. The Morgan fingerprint density at radius 2 is 1.84 bits per heavy atom. The lowest BCUT2D eigenvalue weighted by Gasteiger charge is -2.38. The zero-order chi connectivity index (χ0) is 32.1. The van der Waals surface area contributed by atoms with E-state index >= 15 is 0 Å². The molecule has 0 radical (unpaired) electrons. The summed E-state index contributed by atoms with van der Waals surface area (Å²) >= 11 is 0. The fourth-order valence-electron chi connectivity index (χ4n) is 6.28. The minimum absolute atomic E-state index is 0.000259. The minimum Gasteiger partial charge on any atom is -0.493 e. The van der Waals surface area contributed by atoms with Gasteiger partial charge in [-0.05, 0) is 95.1 Å². The summed E-state index contributed by atoms with van der Waals surface area (Å²) < 4.78 is 11.4. The summed E-state index contributed by atoms with van der Waals surface area (Å²) in [5.41, 5.74) is 8.06. The number of primary amides is 1. The molecule has 3 aromatic rings. The predicted molar refractivity (Wildman–Crippen MR) is 174 cm³/mol. The number of hydrogen-bond donors (Lipinski definition) is 3. The van der Waals surface area contributed by atoms with Crippen LogP contribution in [-0.2, 0) is 0 Å². The zero-order valence-corrected chi connectivity index (χ0v) is 26.3. The Labute approximate surface area is 264 Å². The number of piperidine rings is 1. The van der Waals surface area contributed by atoms with E-state index in [1.54, 1.807) is 43.6 Å². The van der Waals surface area contributed by atoms with E-state index in [1.165, 1.54) is 6.92 Å². The molecule has 2 fully saturated rings. The quantitative estimate of drug-likeness (QED) is 0.256. The van der Waals surface area contributed by atoms with Gasteiger partial charge in [0.25, 0.3) is 11.8 Å². The summed E-state index contributed by atoms with van der Waals surface area (Å²) in [6.45, 7) is 3.63. The lowest BCUT2D eigenvalue weighted by molar-refractivity contribution is 0.0934. The lowest BCUT2D eigenvalue weighted by Crippen LogP contribution is -2.43. The third-order valence-electron chi connectivity index (χ3n) is 8.60. The summed E-state index contributed by atoms with van der Waals surface area (Å²) in [5, 5.41) is 6.48. The second kappa shape index (κ2) is 14.0. The average molecular weight is 615 g/mol. The Bertz CT molecular complexity index is 1540. The first-order chi connectivity index (χ1) is 21.6. The summed E-state index contributed by atoms with van der Waals surface area (Å²) in [7, 11) is 5.52. The van der Waals surface area contributed by atoms with Crippen molar-refractivity contribution in [2.24, 2.45) is 11.7 Å². The number of anilines is 3. The third kappa shape index (κ3) is 7.54. The molecule has 2 aliphatic rings. The molecule has 2 heterocycles. The molecule has 45 heavy (non-hydrogen) atoms. The Kier molecular flexibility index (Phi) is 9.87. The topological polar surface area (TPSA) is 139 Å². The van der Waals surface area contributed by atoms with E-state index in [0.717, 1.165) is 44.6 Å². The summed E-state index contributed by atoms with van der Waals surface area (Å²) in [6, 6.07) is 14.2. The molecule has 4 N–H and O–H groups in total. The maximum absolute atomic E-state index is 13.5. The highest BCUT2D eigenvalue weighted by Gasteiger charge is 2.41. The molecule has 1 aromatic heterocycles. The van der Waals surface area contributed by atoms with Gasteiger partial charge in [0.2, 0.25) is 0 Å². The average Bonchev–Trinajstić information content (AvgIpc) is 3.43. The van der Waals surface area contributed by atoms with Gasteiger partial charge in [0.1, 0.15) is 12.4 Å². The van der Waals surface area contributed by atoms with Gasteiger partial charge in [-0.3, -0.25) is 14.4 Å². The molecule has 238 valence electrons. The Hall–Kier alpha value is -4.64. The molecule has 3 unspecified atom stereocenters. The van der Waals surface area contributed by atoms with Gasteiger partial charge in [-0.1, -0.05) is 0 Å². The highest BCUT2D eigenvalue weighted by Crippen LogP contribution is 2.39. The van der Waals surface area contributed by atoms with Crippen LogP contribution in [0.4, 0.5) is 17.2 Å². The predicted octanol–water partition coefficient (Wildman–Crippen LogP) is 4.25. The Balaban J connectivity index is 1.29. The van der Waals surface area contributed by atoms with Crippen molar-refractivity contribution >= 4 is 34.8 Å². The molecule has 0 bridgehead atoms. The number of hydrogen-bond acceptors (Lipinski definition) is 9. The Morgan fingerprint density at radius 1 is 1.04 bits per heavy atom. The van der Waals surface area contributed by atoms with Gasteiger partial charge in [-0.2, -0.15) is 0 Å². The monoisotopic (exact) mass is 614 g/mol. The number of ketones is 1. The van der Waals surface area contributed by atoms with Crippen molar-refractivity contribution in [3.8, 4) is 11.5 Å². The van der Waals surface area contributed by atoms with Crippen LogP contribution in [0, 0.1) is 5.92 Å². The van der Waals surface area contributed by atoms with Crippen LogP contribution in [-0.4, -0.2) is 80.5 Å². The second-order valence-corrected chi connectivity index (χ2v) is 12.0. The number of ether oxygens (including phenoxy) is 2. The molecule has 3 atom stereocenters. The maximum Gasteiger partial charge on any atom is 0.251 e. The molecule has 5 rings (SSSR count). The fraction of sp³-hybridized carbons (Fsp3) is 0.412. The van der Waals surface area contributed by atoms with Crippen LogP contribution in [0.15, 0.2) is 54.7 Å². The summed E-state index contributed by atoms with van der Waals surface area (Å²) in [6.07, 6.45) is 5.48. The summed E-state index contributed by atoms with van der Waals surface area (Å²) in [4.78, 5) is 46.4. The molecule has 1 saturated heterocycles. The highest BCUT2D eigenvalue weighted by atomic mass is 16.5. The zero-order valence-electron chi connectivity index (χ0n) is 26.3. The number of Topliss-reactive ketones (excluding diaryl/α,β-unsaturated/α-hetero) is 1. The number of carbonyl (C=O) groups is 3. The first-order valence-corrected chi connectivity index (χ1v) is 15.3. The van der Waals surface area contributed by atoms with E-state index in [2.05, 4.69) is 20.5 Å². The van der Waals surface area contributed by atoms with E-state index in [-0.39, 0.29) is 29.3 Å². The number of aromatic nitrogens is 1. The van der Waals surface area contributed by atoms with Crippen molar-refractivity contribution in [1.82, 2.24) is 15.2 Å². The molecule has 0 spiro atoms. The number of fused-ring (bicyclic) bond motifs is 1. The Morgan fingerprint density at radius 3 is 2.53 bits per heavy atom. The van der Waals surface area contributed by atoms with E-state index in [4.69, 9.17) is 15.2 Å². The van der Waals surface area contributed by atoms with Gasteiger partial charge in [0.05, 0.1) is 18.4 Å². The molecule has 2 amide bonds. The van der Waals surface area contributed by atoms with E-state index in [1.807, 2.05) is 37.2 Å². The standard InChI is InChI=1S/C34H42N6O5/c1-21(41)24-8-12-32(36-20-24)40-13-5-6-22-16-26(18-29(22)40)38-34(43)23-7-10-27(33(35)42)28(17-23)37-25-9-11-30(44-4)31(19-25)45-15-14-39(2)3/h7-12,17,19-20,22,26,29,37H,5-6,13-16,18H2,1-4H3,(H2,35,42)(H,38,43). The van der Waals surface area contributed by atoms with Gasteiger partial charge in [-0.25, -0.2) is 4.98 Å². The van der Waals surface area contributed by atoms with Crippen molar-refractivity contribution in [3.63, 3.8) is 0 Å². The number of amides is 2. The number of pyridine rings is 1. The number of likely N-dealkylation sites (N-methyl/N-ethyl adjacent to an activating group) is 1. The fourth-order valence-corrected chi connectivity index (χ4v) is 6.28. The number of carbonyl (C=O) groups excluding carboxylic acids is 3. The van der Waals surface area contributed by atoms with Crippen LogP contribution in [0.5, 0.6) is 11.5 Å². The molecule has 11 nitrogen and oxygen atoms in total. The third-order valence-corrected chi connectivity index (χ3v) is 8.60. The molecule has 1 aliphatic carbocycles. The van der Waals surface area contributed by atoms with Crippen LogP contribution in [0.25, 0.3) is 0 Å².